The molecule has 2 nitrogen and oxygen atoms in total. The Morgan fingerprint density at radius 3 is 3.00 bits per heavy atom. The Morgan fingerprint density at radius 1 is 1.38 bits per heavy atom. The molecule has 1 aromatic heterocycles. The van der Waals surface area contributed by atoms with Crippen LogP contribution in [0.15, 0.2) is 43.1 Å². The van der Waals surface area contributed by atoms with Gasteiger partial charge in [-0.3, -0.25) is 4.79 Å². The van der Waals surface area contributed by atoms with Crippen LogP contribution in [0.1, 0.15) is 10.4 Å². The molecule has 13 heavy (non-hydrogen) atoms. The topological polar surface area (TPSA) is 32.9 Å². The fourth-order valence-electron chi connectivity index (χ4n) is 1.41. The van der Waals surface area contributed by atoms with Crippen molar-refractivity contribution >= 4 is 16.7 Å². The van der Waals surface area contributed by atoms with Gasteiger partial charge in [0.05, 0.1) is 0 Å². The maximum atomic E-state index is 11.4. The highest BCUT2D eigenvalue weighted by molar-refractivity contribution is 6.12. The van der Waals surface area contributed by atoms with Crippen LogP contribution < -0.4 is 0 Å². The van der Waals surface area contributed by atoms with Crippen molar-refractivity contribution in [2.75, 3.05) is 0 Å². The summed E-state index contributed by atoms with van der Waals surface area (Å²) in [5, 5.41) is 0.951. The molecule has 0 aliphatic carbocycles. The Bertz CT molecular complexity index is 468. The molecular weight excluding hydrogens is 162 g/mol. The summed E-state index contributed by atoms with van der Waals surface area (Å²) in [7, 11) is 0. The first-order valence-electron chi connectivity index (χ1n) is 4.06. The van der Waals surface area contributed by atoms with E-state index in [0.29, 0.717) is 5.56 Å². The molecular formula is C11H9NO. The molecule has 2 aromatic rings. The molecule has 2 heteroatoms. The van der Waals surface area contributed by atoms with Gasteiger partial charge >= 0.3 is 0 Å². The number of hydrogen-bond donors (Lipinski definition) is 1. The summed E-state index contributed by atoms with van der Waals surface area (Å²) in [6.07, 6.45) is 3.16. The van der Waals surface area contributed by atoms with Crippen LogP contribution >= 0.6 is 0 Å². The summed E-state index contributed by atoms with van der Waals surface area (Å²) < 4.78 is 0. The summed E-state index contributed by atoms with van der Waals surface area (Å²) >= 11 is 0. The number of ketones is 1. The minimum absolute atomic E-state index is 0.0369. The Balaban J connectivity index is 2.74. The molecule has 2 rings (SSSR count). The van der Waals surface area contributed by atoms with Gasteiger partial charge in [0, 0.05) is 22.7 Å². The molecule has 0 spiro atoms. The van der Waals surface area contributed by atoms with Crippen LogP contribution in [0.25, 0.3) is 10.9 Å². The number of nitrogens with one attached hydrogen (secondary N) is 1. The van der Waals surface area contributed by atoms with Crippen LogP contribution in [0, 0.1) is 0 Å². The van der Waals surface area contributed by atoms with Crippen molar-refractivity contribution in [3.05, 3.63) is 48.7 Å². The van der Waals surface area contributed by atoms with Gasteiger partial charge in [-0.1, -0.05) is 18.7 Å². The van der Waals surface area contributed by atoms with E-state index in [1.54, 1.807) is 6.07 Å². The molecule has 0 fully saturated rings. The molecule has 0 aliphatic heterocycles. The second-order valence-corrected chi connectivity index (χ2v) is 2.81. The van der Waals surface area contributed by atoms with E-state index in [-0.39, 0.29) is 5.78 Å². The second kappa shape index (κ2) is 2.90. The van der Waals surface area contributed by atoms with Crippen LogP contribution in [-0.2, 0) is 0 Å². The Hall–Kier alpha value is -1.83. The quantitative estimate of drug-likeness (QED) is 0.546. The highest BCUT2D eigenvalue weighted by Gasteiger charge is 2.05. The molecule has 0 bridgehead atoms. The fraction of sp³-hybridized carbons (Fsp3) is 0. The fourth-order valence-corrected chi connectivity index (χ4v) is 1.41. The lowest BCUT2D eigenvalue weighted by atomic mass is 10.1. The highest BCUT2D eigenvalue weighted by Crippen LogP contribution is 2.17. The zero-order valence-corrected chi connectivity index (χ0v) is 7.08. The lowest BCUT2D eigenvalue weighted by molar-refractivity contribution is 0.104. The van der Waals surface area contributed by atoms with E-state index < -0.39 is 0 Å². The molecule has 1 aromatic carbocycles. The van der Waals surface area contributed by atoms with Gasteiger partial charge in [-0.15, -0.1) is 0 Å². The number of aromatic nitrogens is 1. The van der Waals surface area contributed by atoms with Crippen molar-refractivity contribution in [1.82, 2.24) is 4.98 Å². The number of H-pyrrole nitrogens is 1. The highest BCUT2D eigenvalue weighted by atomic mass is 16.1. The van der Waals surface area contributed by atoms with E-state index in [9.17, 15) is 4.79 Å². The number of fused-ring (bicyclic) bond motifs is 1. The van der Waals surface area contributed by atoms with Crippen molar-refractivity contribution in [3.8, 4) is 0 Å². The van der Waals surface area contributed by atoms with Crippen LogP contribution in [0.2, 0.25) is 0 Å². The predicted molar refractivity (Wildman–Crippen MR) is 52.8 cm³/mol. The van der Waals surface area contributed by atoms with Crippen molar-refractivity contribution in [2.24, 2.45) is 0 Å². The summed E-state index contributed by atoms with van der Waals surface area (Å²) in [4.78, 5) is 14.4. The number of hydrogen-bond acceptors (Lipinski definition) is 1. The predicted octanol–water partition coefficient (Wildman–Crippen LogP) is 2.54. The van der Waals surface area contributed by atoms with Gasteiger partial charge in [-0.05, 0) is 18.2 Å². The van der Waals surface area contributed by atoms with Gasteiger partial charge in [-0.25, -0.2) is 0 Å². The molecule has 64 valence electrons. The summed E-state index contributed by atoms with van der Waals surface area (Å²) in [6.45, 7) is 3.47. The number of rotatable bonds is 2. The second-order valence-electron chi connectivity index (χ2n) is 2.81. The SMILES string of the molecule is C=CC(=O)c1cccc2[nH]ccc12. The molecule has 0 aliphatic rings. The smallest absolute Gasteiger partial charge is 0.185 e. The van der Waals surface area contributed by atoms with Crippen molar-refractivity contribution in [2.45, 2.75) is 0 Å². The van der Waals surface area contributed by atoms with Gasteiger partial charge in [0.2, 0.25) is 0 Å². The average Bonchev–Trinajstić information content (AvgIpc) is 2.63. The first kappa shape index (κ1) is 7.80. The molecule has 0 unspecified atom stereocenters. The molecule has 0 saturated heterocycles. The van der Waals surface area contributed by atoms with E-state index in [1.807, 2.05) is 24.4 Å². The molecule has 0 atom stereocenters. The maximum absolute atomic E-state index is 11.4. The summed E-state index contributed by atoms with van der Waals surface area (Å²) in [6, 6.07) is 7.50. The first-order valence-corrected chi connectivity index (χ1v) is 4.06. The first-order chi connectivity index (χ1) is 6.33. The number of aromatic amines is 1. The zero-order valence-electron chi connectivity index (χ0n) is 7.08. The van der Waals surface area contributed by atoms with Crippen LogP contribution in [0.5, 0.6) is 0 Å². The number of carbonyl (C=O) groups is 1. The van der Waals surface area contributed by atoms with Gasteiger partial charge in [0.1, 0.15) is 0 Å². The zero-order chi connectivity index (χ0) is 9.26. The average molecular weight is 171 g/mol. The summed E-state index contributed by atoms with van der Waals surface area (Å²) in [5.41, 5.74) is 1.68. The van der Waals surface area contributed by atoms with E-state index in [1.165, 1.54) is 6.08 Å². The molecule has 1 heterocycles. The van der Waals surface area contributed by atoms with Gasteiger partial charge in [-0.2, -0.15) is 0 Å². The van der Waals surface area contributed by atoms with E-state index in [2.05, 4.69) is 11.6 Å². The largest absolute Gasteiger partial charge is 0.361 e. The summed E-state index contributed by atoms with van der Waals surface area (Å²) in [5.74, 6) is -0.0369. The third-order valence-corrected chi connectivity index (χ3v) is 2.05. The van der Waals surface area contributed by atoms with E-state index in [4.69, 9.17) is 0 Å². The molecule has 1 N–H and O–H groups in total. The van der Waals surface area contributed by atoms with E-state index >= 15 is 0 Å². The Labute approximate surface area is 75.9 Å². The lowest BCUT2D eigenvalue weighted by Crippen LogP contribution is -1.93. The standard InChI is InChI=1S/C11H9NO/c1-2-11(13)9-4-3-5-10-8(9)6-7-12-10/h2-7,12H,1H2. The third-order valence-electron chi connectivity index (χ3n) is 2.05. The van der Waals surface area contributed by atoms with Crippen molar-refractivity contribution < 1.29 is 4.79 Å². The van der Waals surface area contributed by atoms with Crippen LogP contribution in [0.4, 0.5) is 0 Å². The maximum Gasteiger partial charge on any atom is 0.185 e. The monoisotopic (exact) mass is 171 g/mol. The molecule has 0 saturated carbocycles. The Kier molecular flexibility index (Phi) is 1.74. The normalized spacial score (nSPS) is 10.2. The van der Waals surface area contributed by atoms with Crippen LogP contribution in [0.3, 0.4) is 0 Å². The minimum atomic E-state index is -0.0369. The van der Waals surface area contributed by atoms with Gasteiger partial charge in [0.25, 0.3) is 0 Å². The number of carbonyl (C=O) groups excluding carboxylic acids is 1. The van der Waals surface area contributed by atoms with Gasteiger partial charge in [0.15, 0.2) is 5.78 Å². The minimum Gasteiger partial charge on any atom is -0.361 e. The Morgan fingerprint density at radius 2 is 2.23 bits per heavy atom. The molecule has 0 radical (unpaired) electrons. The number of allylic oxidation sites excluding steroid dienone is 1. The van der Waals surface area contributed by atoms with Crippen molar-refractivity contribution in [3.63, 3.8) is 0 Å². The number of benzene rings is 1. The third kappa shape index (κ3) is 1.16. The van der Waals surface area contributed by atoms with E-state index in [0.717, 1.165) is 10.9 Å². The van der Waals surface area contributed by atoms with Crippen molar-refractivity contribution in [1.29, 1.82) is 0 Å². The van der Waals surface area contributed by atoms with Gasteiger partial charge < -0.3 is 4.98 Å². The lowest BCUT2D eigenvalue weighted by Gasteiger charge is -1.97. The molecule has 0 amide bonds. The van der Waals surface area contributed by atoms with Crippen LogP contribution in [-0.4, -0.2) is 10.8 Å².